The van der Waals surface area contributed by atoms with Crippen LogP contribution in [0, 0.1) is 50.7 Å². The summed E-state index contributed by atoms with van der Waals surface area (Å²) in [5.41, 5.74) is 2.36. The molecule has 1 aromatic rings. The second kappa shape index (κ2) is 13.2. The summed E-state index contributed by atoms with van der Waals surface area (Å²) in [5.74, 6) is 0.873. The third kappa shape index (κ3) is 6.11. The first-order chi connectivity index (χ1) is 25.1. The molecule has 8 rings (SSSR count). The molecule has 2 heterocycles. The average Bonchev–Trinajstić information content (AvgIpc) is 3.44. The van der Waals surface area contributed by atoms with Crippen LogP contribution in [0.3, 0.4) is 0 Å². The molecule has 7 aliphatic rings. The molecule has 1 N–H and O–H groups in total. The first-order valence-electron chi connectivity index (χ1n) is 20.7. The SMILES string of the molecule is C=NC[C@@]1(C)C2CC[C@@]3(C)C4CC[C@@]5(C(=O)OCc6ccccc6)CCC(C)(C)CC5C4=CCC3[C@@]2(C)CC[C@@H]1OC1OCC2OC(C)(C)OC2C1O. The lowest BCUT2D eigenvalue weighted by Gasteiger charge is -2.68. The predicted octanol–water partition coefficient (Wildman–Crippen LogP) is 8.44. The van der Waals surface area contributed by atoms with E-state index in [0.29, 0.717) is 37.5 Å². The third-order valence-electron chi connectivity index (χ3n) is 16.2. The van der Waals surface area contributed by atoms with Gasteiger partial charge in [0.25, 0.3) is 0 Å². The zero-order valence-corrected chi connectivity index (χ0v) is 33.4. The van der Waals surface area contributed by atoms with Gasteiger partial charge in [-0.25, -0.2) is 0 Å². The van der Waals surface area contributed by atoms with Gasteiger partial charge in [0.1, 0.15) is 24.9 Å². The van der Waals surface area contributed by atoms with Crippen molar-refractivity contribution in [2.75, 3.05) is 13.2 Å². The Hall–Kier alpha value is -2.10. The number of carbonyl (C=O) groups excluding carboxylic acids is 1. The van der Waals surface area contributed by atoms with E-state index in [2.05, 4.69) is 52.4 Å². The molecule has 2 saturated heterocycles. The number of aliphatic hydroxyl groups is 1. The Morgan fingerprint density at radius 1 is 0.906 bits per heavy atom. The monoisotopic (exact) mass is 731 g/mol. The van der Waals surface area contributed by atoms with Crippen LogP contribution in [0.15, 0.2) is 47.0 Å². The molecule has 4 saturated carbocycles. The van der Waals surface area contributed by atoms with Crippen LogP contribution in [0.25, 0.3) is 0 Å². The van der Waals surface area contributed by atoms with Crippen LogP contribution in [0.5, 0.6) is 0 Å². The molecule has 0 radical (unpaired) electrons. The molecule has 0 bridgehead atoms. The summed E-state index contributed by atoms with van der Waals surface area (Å²) in [6.45, 7) is 21.4. The van der Waals surface area contributed by atoms with Gasteiger partial charge in [-0.05, 0) is 130 Å². The van der Waals surface area contributed by atoms with Gasteiger partial charge in [-0.1, -0.05) is 76.6 Å². The number of hydrogen-bond acceptors (Lipinski definition) is 8. The smallest absolute Gasteiger partial charge is 0.313 e. The normalized spacial score (nSPS) is 46.7. The number of nitrogens with zero attached hydrogens (tertiary/aromatic N) is 1. The number of aliphatic hydroxyl groups excluding tert-OH is 1. The topological polar surface area (TPSA) is 95.8 Å². The minimum atomic E-state index is -0.930. The molecule has 8 unspecified atom stereocenters. The molecule has 53 heavy (non-hydrogen) atoms. The third-order valence-corrected chi connectivity index (χ3v) is 16.2. The quantitative estimate of drug-likeness (QED) is 0.130. The molecule has 0 aromatic heterocycles. The van der Waals surface area contributed by atoms with Gasteiger partial charge in [0, 0.05) is 12.0 Å². The predicted molar refractivity (Wildman–Crippen MR) is 204 cm³/mol. The molecule has 6 fully saturated rings. The number of benzene rings is 1. The van der Waals surface area contributed by atoms with Crippen molar-refractivity contribution in [3.05, 3.63) is 47.5 Å². The van der Waals surface area contributed by atoms with Gasteiger partial charge in [0.15, 0.2) is 12.1 Å². The molecule has 292 valence electrons. The van der Waals surface area contributed by atoms with E-state index in [1.165, 1.54) is 0 Å². The van der Waals surface area contributed by atoms with Crippen molar-refractivity contribution in [2.45, 2.75) is 156 Å². The van der Waals surface area contributed by atoms with Crippen LogP contribution in [-0.4, -0.2) is 67.4 Å². The lowest BCUT2D eigenvalue weighted by atomic mass is 9.37. The lowest BCUT2D eigenvalue weighted by molar-refractivity contribution is -0.297. The second-order valence-electron chi connectivity index (χ2n) is 20.2. The fraction of sp³-hybridized carbons (Fsp3) is 0.778. The van der Waals surface area contributed by atoms with Gasteiger partial charge in [0.2, 0.25) is 0 Å². The van der Waals surface area contributed by atoms with Crippen molar-refractivity contribution < 1.29 is 33.6 Å². The van der Waals surface area contributed by atoms with E-state index in [0.717, 1.165) is 69.8 Å². The maximum atomic E-state index is 14.3. The summed E-state index contributed by atoms with van der Waals surface area (Å²) in [6.07, 6.45) is 10.2. The van der Waals surface area contributed by atoms with Gasteiger partial charge in [-0.3, -0.25) is 4.79 Å². The van der Waals surface area contributed by atoms with E-state index in [1.54, 1.807) is 5.57 Å². The number of rotatable bonds is 7. The minimum Gasteiger partial charge on any atom is -0.460 e. The first kappa shape index (κ1) is 37.8. The lowest BCUT2D eigenvalue weighted by Crippen LogP contribution is -2.64. The van der Waals surface area contributed by atoms with Gasteiger partial charge < -0.3 is 33.8 Å². The van der Waals surface area contributed by atoms with Crippen molar-refractivity contribution in [2.24, 2.45) is 55.7 Å². The summed E-state index contributed by atoms with van der Waals surface area (Å²) in [5, 5.41) is 11.4. The standard InChI is InChI=1S/C45H65NO7/c1-40(2)22-23-45(39(48)50-25-28-12-10-9-11-13-28)21-16-30-29(31(45)24-40)14-15-33-42(30,5)19-17-34-43(33,6)20-18-35(44(34,7)27-46-8)51-38-36(47)37-32(26-49-38)52-41(3,4)53-37/h9-14,30-38,47H,8,15-27H2,1-7H3/t30?,31?,32?,33?,34?,35-,36?,37?,38?,42-,43+,44-,45+/m0/s1. The fourth-order valence-electron chi connectivity index (χ4n) is 13.6. The molecule has 0 spiro atoms. The van der Waals surface area contributed by atoms with E-state index in [4.69, 9.17) is 23.7 Å². The highest BCUT2D eigenvalue weighted by Crippen LogP contribution is 2.72. The van der Waals surface area contributed by atoms with Crippen molar-refractivity contribution in [3.8, 4) is 0 Å². The van der Waals surface area contributed by atoms with E-state index in [1.807, 2.05) is 44.2 Å². The largest absolute Gasteiger partial charge is 0.460 e. The van der Waals surface area contributed by atoms with E-state index in [9.17, 15) is 9.90 Å². The molecule has 1 aromatic carbocycles. The zero-order valence-electron chi connectivity index (χ0n) is 33.4. The van der Waals surface area contributed by atoms with Gasteiger partial charge >= 0.3 is 5.97 Å². The Bertz CT molecular complexity index is 1590. The van der Waals surface area contributed by atoms with Crippen LogP contribution in [0.4, 0.5) is 0 Å². The van der Waals surface area contributed by atoms with Gasteiger partial charge in [-0.2, -0.15) is 0 Å². The molecular weight excluding hydrogens is 666 g/mol. The molecule has 5 aliphatic carbocycles. The van der Waals surface area contributed by atoms with Crippen molar-refractivity contribution >= 4 is 12.7 Å². The highest BCUT2D eigenvalue weighted by Gasteiger charge is 2.67. The van der Waals surface area contributed by atoms with Crippen LogP contribution in [0.1, 0.15) is 118 Å². The fourth-order valence-corrected chi connectivity index (χ4v) is 13.6. The summed E-state index contributed by atoms with van der Waals surface area (Å²) >= 11 is 0. The summed E-state index contributed by atoms with van der Waals surface area (Å²) < 4.78 is 31.3. The van der Waals surface area contributed by atoms with E-state index >= 15 is 0 Å². The Balaban J connectivity index is 1.05. The summed E-state index contributed by atoms with van der Waals surface area (Å²) in [7, 11) is 0. The number of allylic oxidation sites excluding steroid dienone is 2. The van der Waals surface area contributed by atoms with Crippen molar-refractivity contribution in [3.63, 3.8) is 0 Å². The number of fused-ring (bicyclic) bond motifs is 8. The number of hydrogen-bond donors (Lipinski definition) is 1. The van der Waals surface area contributed by atoms with Gasteiger partial charge in [0.05, 0.1) is 18.1 Å². The van der Waals surface area contributed by atoms with Crippen LogP contribution < -0.4 is 0 Å². The molecule has 8 nitrogen and oxygen atoms in total. The first-order valence-corrected chi connectivity index (χ1v) is 20.7. The van der Waals surface area contributed by atoms with Gasteiger partial charge in [-0.15, -0.1) is 0 Å². The van der Waals surface area contributed by atoms with E-state index in [-0.39, 0.29) is 45.8 Å². The zero-order chi connectivity index (χ0) is 37.6. The maximum Gasteiger partial charge on any atom is 0.313 e. The Morgan fingerprint density at radius 2 is 1.66 bits per heavy atom. The van der Waals surface area contributed by atoms with E-state index < -0.39 is 29.7 Å². The maximum absolute atomic E-state index is 14.3. The minimum absolute atomic E-state index is 0.0217. The Labute approximate surface area is 317 Å². The number of esters is 1. The number of aliphatic imine (C=N–C) groups is 1. The summed E-state index contributed by atoms with van der Waals surface area (Å²) in [4.78, 5) is 18.9. The molecule has 2 aliphatic heterocycles. The number of ether oxygens (including phenoxy) is 5. The molecule has 13 atom stereocenters. The molecule has 8 heteroatoms. The van der Waals surface area contributed by atoms with Crippen molar-refractivity contribution in [1.29, 1.82) is 0 Å². The highest BCUT2D eigenvalue weighted by atomic mass is 16.8. The van der Waals surface area contributed by atoms with Crippen LogP contribution in [0.2, 0.25) is 0 Å². The highest BCUT2D eigenvalue weighted by molar-refractivity contribution is 5.78. The van der Waals surface area contributed by atoms with Crippen LogP contribution >= 0.6 is 0 Å². The van der Waals surface area contributed by atoms with Crippen molar-refractivity contribution in [1.82, 2.24) is 0 Å². The number of carbonyl (C=O) groups is 1. The average molecular weight is 732 g/mol. The molecule has 0 amide bonds. The Kier molecular flexibility index (Phi) is 9.45. The second-order valence-corrected chi connectivity index (χ2v) is 20.2. The van der Waals surface area contributed by atoms with Crippen LogP contribution in [-0.2, 0) is 35.1 Å². The summed E-state index contributed by atoms with van der Waals surface area (Å²) in [6, 6.07) is 10.1. The molecular formula is C45H65NO7. The Morgan fingerprint density at radius 3 is 2.42 bits per heavy atom.